The van der Waals surface area contributed by atoms with Crippen LogP contribution in [0.4, 0.5) is 5.69 Å². The summed E-state index contributed by atoms with van der Waals surface area (Å²) in [7, 11) is 1.59. The third-order valence-electron chi connectivity index (χ3n) is 5.84. The number of hydrogen-bond acceptors (Lipinski definition) is 6. The van der Waals surface area contributed by atoms with Crippen LogP contribution in [0.15, 0.2) is 77.4 Å². The molecule has 35 heavy (non-hydrogen) atoms. The standard InChI is InChI=1S/C28H29NO5S/c1-28(2,3)26(31)23-24(20-8-5-6-9-21(20)34-16-15-33-4)29(27(32)25(23)30)19-13-11-18(12-14-19)22-10-7-17-35-22/h5-14,17,24,30H,15-16H2,1-4H3. The van der Waals surface area contributed by atoms with Gasteiger partial charge in [0.15, 0.2) is 11.5 Å². The number of carbonyl (C=O) groups is 2. The fourth-order valence-corrected chi connectivity index (χ4v) is 4.84. The maximum atomic E-state index is 13.5. The molecule has 1 atom stereocenters. The predicted octanol–water partition coefficient (Wildman–Crippen LogP) is 5.96. The number of benzene rings is 2. The number of amides is 1. The number of para-hydroxylation sites is 1. The summed E-state index contributed by atoms with van der Waals surface area (Å²) in [6.07, 6.45) is 0. The molecule has 1 aliphatic heterocycles. The summed E-state index contributed by atoms with van der Waals surface area (Å²) < 4.78 is 11.1. The van der Waals surface area contributed by atoms with Crippen LogP contribution in [0.1, 0.15) is 32.4 Å². The molecule has 0 spiro atoms. The van der Waals surface area contributed by atoms with Gasteiger partial charge in [-0.25, -0.2) is 0 Å². The zero-order valence-corrected chi connectivity index (χ0v) is 21.1. The van der Waals surface area contributed by atoms with E-state index in [4.69, 9.17) is 9.47 Å². The first-order valence-electron chi connectivity index (χ1n) is 11.4. The van der Waals surface area contributed by atoms with Crippen molar-refractivity contribution < 1.29 is 24.2 Å². The Morgan fingerprint density at radius 3 is 2.37 bits per heavy atom. The van der Waals surface area contributed by atoms with Crippen LogP contribution in [0.5, 0.6) is 5.75 Å². The molecule has 3 aromatic rings. The number of aliphatic hydroxyl groups is 1. The number of anilines is 1. The lowest BCUT2D eigenvalue weighted by Gasteiger charge is -2.30. The van der Waals surface area contributed by atoms with Crippen LogP contribution in [0.3, 0.4) is 0 Å². The van der Waals surface area contributed by atoms with Gasteiger partial charge >= 0.3 is 0 Å². The normalized spacial score (nSPS) is 16.2. The van der Waals surface area contributed by atoms with Gasteiger partial charge in [-0.3, -0.25) is 14.5 Å². The summed E-state index contributed by atoms with van der Waals surface area (Å²) in [5.41, 5.74) is 1.50. The molecular formula is C28H29NO5S. The van der Waals surface area contributed by atoms with E-state index in [1.54, 1.807) is 45.3 Å². The molecule has 1 aliphatic rings. The van der Waals surface area contributed by atoms with Gasteiger partial charge in [-0.15, -0.1) is 11.3 Å². The maximum Gasteiger partial charge on any atom is 0.294 e. The van der Waals surface area contributed by atoms with Crippen LogP contribution in [0.2, 0.25) is 0 Å². The summed E-state index contributed by atoms with van der Waals surface area (Å²) in [6, 6.07) is 18.0. The SMILES string of the molecule is COCCOc1ccccc1C1C(C(=O)C(C)(C)C)=C(O)C(=O)N1c1ccc(-c2cccs2)cc1. The van der Waals surface area contributed by atoms with E-state index in [0.29, 0.717) is 30.2 Å². The number of Topliss-reactive ketones (excluding diaryl/α,β-unsaturated/α-hetero) is 1. The highest BCUT2D eigenvalue weighted by Gasteiger charge is 2.47. The van der Waals surface area contributed by atoms with E-state index in [-0.39, 0.29) is 11.4 Å². The second-order valence-electron chi connectivity index (χ2n) is 9.32. The van der Waals surface area contributed by atoms with Crippen molar-refractivity contribution in [3.8, 4) is 16.2 Å². The first kappa shape index (κ1) is 24.7. The first-order valence-corrected chi connectivity index (χ1v) is 12.3. The number of ether oxygens (including phenoxy) is 2. The molecule has 6 nitrogen and oxygen atoms in total. The summed E-state index contributed by atoms with van der Waals surface area (Å²) in [4.78, 5) is 29.5. The number of hydrogen-bond donors (Lipinski definition) is 1. The number of thiophene rings is 1. The third kappa shape index (κ3) is 4.88. The lowest BCUT2D eigenvalue weighted by molar-refractivity contribution is -0.123. The minimum absolute atomic E-state index is 0.0765. The second kappa shape index (κ2) is 10.1. The number of methoxy groups -OCH3 is 1. The second-order valence-corrected chi connectivity index (χ2v) is 10.3. The van der Waals surface area contributed by atoms with E-state index >= 15 is 0 Å². The van der Waals surface area contributed by atoms with Gasteiger partial charge in [0.05, 0.1) is 18.2 Å². The van der Waals surface area contributed by atoms with Gasteiger partial charge in [-0.1, -0.05) is 57.2 Å². The van der Waals surface area contributed by atoms with Gasteiger partial charge in [0, 0.05) is 28.7 Å². The van der Waals surface area contributed by atoms with E-state index in [1.165, 1.54) is 4.90 Å². The summed E-state index contributed by atoms with van der Waals surface area (Å²) >= 11 is 1.63. The average Bonchev–Trinajstić information content (AvgIpc) is 3.46. The molecule has 4 rings (SSSR count). The molecule has 0 bridgehead atoms. The highest BCUT2D eigenvalue weighted by molar-refractivity contribution is 7.13. The molecule has 1 aromatic heterocycles. The Morgan fingerprint density at radius 2 is 1.74 bits per heavy atom. The number of carbonyl (C=O) groups excluding carboxylic acids is 2. The van der Waals surface area contributed by atoms with Crippen molar-refractivity contribution in [3.05, 3.63) is 82.9 Å². The fraction of sp³-hybridized carbons (Fsp3) is 0.286. The highest BCUT2D eigenvalue weighted by atomic mass is 32.1. The summed E-state index contributed by atoms with van der Waals surface area (Å²) in [5.74, 6) is -0.906. The van der Waals surface area contributed by atoms with Crippen LogP contribution in [0.25, 0.3) is 10.4 Å². The maximum absolute atomic E-state index is 13.5. The van der Waals surface area contributed by atoms with Gasteiger partial charge in [0.2, 0.25) is 0 Å². The van der Waals surface area contributed by atoms with Gasteiger partial charge in [0.1, 0.15) is 12.4 Å². The van der Waals surface area contributed by atoms with Crippen LogP contribution in [0, 0.1) is 5.41 Å². The molecule has 1 unspecified atom stereocenters. The van der Waals surface area contributed by atoms with Crippen molar-refractivity contribution >= 4 is 28.7 Å². The van der Waals surface area contributed by atoms with E-state index in [2.05, 4.69) is 0 Å². The van der Waals surface area contributed by atoms with E-state index in [1.807, 2.05) is 60.0 Å². The molecule has 0 fully saturated rings. The zero-order chi connectivity index (χ0) is 25.2. The Balaban J connectivity index is 1.82. The van der Waals surface area contributed by atoms with Gasteiger partial charge in [0.25, 0.3) is 5.91 Å². The van der Waals surface area contributed by atoms with Crippen LogP contribution < -0.4 is 9.64 Å². The van der Waals surface area contributed by atoms with E-state index in [0.717, 1.165) is 10.4 Å². The zero-order valence-electron chi connectivity index (χ0n) is 20.3. The Bertz CT molecular complexity index is 1240. The van der Waals surface area contributed by atoms with Crippen molar-refractivity contribution in [1.29, 1.82) is 0 Å². The minimum atomic E-state index is -0.833. The molecule has 2 heterocycles. The Hall–Kier alpha value is -3.42. The van der Waals surface area contributed by atoms with Crippen LogP contribution in [-0.4, -0.2) is 37.1 Å². The van der Waals surface area contributed by atoms with Crippen molar-refractivity contribution in [1.82, 2.24) is 0 Å². The molecular weight excluding hydrogens is 462 g/mol. The molecule has 7 heteroatoms. The summed E-state index contributed by atoms with van der Waals surface area (Å²) in [6.45, 7) is 6.02. The molecule has 0 saturated carbocycles. The first-order chi connectivity index (χ1) is 16.7. The number of rotatable bonds is 8. The molecule has 0 radical (unpaired) electrons. The van der Waals surface area contributed by atoms with Crippen molar-refractivity contribution in [2.45, 2.75) is 26.8 Å². The van der Waals surface area contributed by atoms with Crippen LogP contribution >= 0.6 is 11.3 Å². The van der Waals surface area contributed by atoms with Gasteiger partial charge in [-0.2, -0.15) is 0 Å². The predicted molar refractivity (Wildman–Crippen MR) is 138 cm³/mol. The molecule has 0 aliphatic carbocycles. The summed E-state index contributed by atoms with van der Waals surface area (Å²) in [5, 5.41) is 13.0. The molecule has 1 amide bonds. The number of aliphatic hydroxyl groups excluding tert-OH is 1. The fourth-order valence-electron chi connectivity index (χ4n) is 4.10. The lowest BCUT2D eigenvalue weighted by Crippen LogP contribution is -2.33. The smallest absolute Gasteiger partial charge is 0.294 e. The van der Waals surface area contributed by atoms with Crippen molar-refractivity contribution in [2.24, 2.45) is 5.41 Å². The average molecular weight is 492 g/mol. The van der Waals surface area contributed by atoms with Gasteiger partial charge < -0.3 is 14.6 Å². The molecule has 0 saturated heterocycles. The topological polar surface area (TPSA) is 76.1 Å². The minimum Gasteiger partial charge on any atom is -0.503 e. The molecule has 2 aromatic carbocycles. The largest absolute Gasteiger partial charge is 0.503 e. The Kier molecular flexibility index (Phi) is 7.10. The van der Waals surface area contributed by atoms with E-state index < -0.39 is 23.1 Å². The van der Waals surface area contributed by atoms with Gasteiger partial charge in [-0.05, 0) is 35.2 Å². The van der Waals surface area contributed by atoms with Crippen molar-refractivity contribution in [2.75, 3.05) is 25.2 Å². The monoisotopic (exact) mass is 491 g/mol. The Labute approximate surface area is 209 Å². The Morgan fingerprint density at radius 1 is 1.03 bits per heavy atom. The third-order valence-corrected chi connectivity index (χ3v) is 6.76. The van der Waals surface area contributed by atoms with Crippen molar-refractivity contribution in [3.63, 3.8) is 0 Å². The van der Waals surface area contributed by atoms with E-state index in [9.17, 15) is 14.7 Å². The number of ketones is 1. The molecule has 1 N–H and O–H groups in total. The molecule has 182 valence electrons. The van der Waals surface area contributed by atoms with Crippen LogP contribution in [-0.2, 0) is 14.3 Å². The quantitative estimate of drug-likeness (QED) is 0.394. The lowest BCUT2D eigenvalue weighted by atomic mass is 9.82. The number of nitrogens with zero attached hydrogens (tertiary/aromatic N) is 1. The highest BCUT2D eigenvalue weighted by Crippen LogP contribution is 2.46.